The number of primary amides is 1. The number of nitrogens with two attached hydrogens (primary N) is 1. The highest BCUT2D eigenvalue weighted by Crippen LogP contribution is 2.33. The minimum absolute atomic E-state index is 0.161. The Balaban J connectivity index is 2.24. The van der Waals surface area contributed by atoms with Crippen molar-refractivity contribution in [2.45, 2.75) is 25.3 Å². The number of nitrogens with one attached hydrogen (secondary N) is 1. The van der Waals surface area contributed by atoms with Crippen LogP contribution in [0.15, 0.2) is 11.9 Å². The van der Waals surface area contributed by atoms with Crippen LogP contribution in [0.25, 0.3) is 0 Å². The summed E-state index contributed by atoms with van der Waals surface area (Å²) in [6.07, 6.45) is 3.39. The summed E-state index contributed by atoms with van der Waals surface area (Å²) in [5, 5.41) is 3.09. The lowest BCUT2D eigenvalue weighted by Crippen LogP contribution is -2.28. The molecule has 1 amide bonds. The zero-order valence-electron chi connectivity index (χ0n) is 7.06. The van der Waals surface area contributed by atoms with Gasteiger partial charge < -0.3 is 11.1 Å². The van der Waals surface area contributed by atoms with E-state index in [1.165, 1.54) is 6.08 Å². The zero-order valence-corrected chi connectivity index (χ0v) is 7.06. The third-order valence-corrected chi connectivity index (χ3v) is 2.05. The number of carbonyl (C=O) groups excluding carboxylic acids is 1. The Morgan fingerprint density at radius 2 is 2.33 bits per heavy atom. The fraction of sp³-hybridized carbons (Fsp3) is 0.625. The van der Waals surface area contributed by atoms with Gasteiger partial charge in [0.1, 0.15) is 0 Å². The minimum atomic E-state index is -1.00. The fourth-order valence-electron chi connectivity index (χ4n) is 0.852. The van der Waals surface area contributed by atoms with Gasteiger partial charge in [0.05, 0.1) is 0 Å². The SMILES string of the molecule is CC1(NCC=C(F)C(N)=O)CC1. The highest BCUT2D eigenvalue weighted by molar-refractivity contribution is 5.89. The maximum atomic E-state index is 12.5. The lowest BCUT2D eigenvalue weighted by atomic mass is 10.3. The summed E-state index contributed by atoms with van der Waals surface area (Å²) in [5.74, 6) is -1.87. The largest absolute Gasteiger partial charge is 0.364 e. The molecule has 0 radical (unpaired) electrons. The fourth-order valence-corrected chi connectivity index (χ4v) is 0.852. The molecule has 12 heavy (non-hydrogen) atoms. The molecular weight excluding hydrogens is 159 g/mol. The van der Waals surface area contributed by atoms with Crippen LogP contribution in [0.1, 0.15) is 19.8 Å². The molecule has 68 valence electrons. The summed E-state index contributed by atoms with van der Waals surface area (Å²) in [6, 6.07) is 0. The number of hydrogen-bond donors (Lipinski definition) is 2. The second-order valence-electron chi connectivity index (χ2n) is 3.36. The van der Waals surface area contributed by atoms with E-state index in [0.29, 0.717) is 6.54 Å². The second kappa shape index (κ2) is 3.23. The second-order valence-corrected chi connectivity index (χ2v) is 3.36. The maximum absolute atomic E-state index is 12.5. The number of hydrogen-bond acceptors (Lipinski definition) is 2. The topological polar surface area (TPSA) is 55.1 Å². The monoisotopic (exact) mass is 172 g/mol. The number of amides is 1. The van der Waals surface area contributed by atoms with Crippen LogP contribution in [-0.4, -0.2) is 18.0 Å². The molecule has 0 aromatic rings. The van der Waals surface area contributed by atoms with Crippen LogP contribution >= 0.6 is 0 Å². The molecule has 1 aliphatic carbocycles. The molecule has 0 aromatic carbocycles. The molecule has 0 spiro atoms. The third-order valence-electron chi connectivity index (χ3n) is 2.05. The average molecular weight is 172 g/mol. The van der Waals surface area contributed by atoms with Crippen molar-refractivity contribution in [3.63, 3.8) is 0 Å². The van der Waals surface area contributed by atoms with Crippen LogP contribution in [0.2, 0.25) is 0 Å². The Morgan fingerprint density at radius 3 is 2.75 bits per heavy atom. The molecular formula is C8H13FN2O. The Morgan fingerprint density at radius 1 is 1.75 bits per heavy atom. The first kappa shape index (κ1) is 9.19. The van der Waals surface area contributed by atoms with Gasteiger partial charge in [-0.3, -0.25) is 4.79 Å². The third kappa shape index (κ3) is 2.62. The molecule has 1 rings (SSSR count). The summed E-state index contributed by atoms with van der Waals surface area (Å²) in [7, 11) is 0. The molecule has 0 saturated heterocycles. The summed E-state index contributed by atoms with van der Waals surface area (Å²) < 4.78 is 12.5. The highest BCUT2D eigenvalue weighted by Gasteiger charge is 2.35. The Kier molecular flexibility index (Phi) is 2.47. The van der Waals surface area contributed by atoms with E-state index >= 15 is 0 Å². The van der Waals surface area contributed by atoms with Crippen molar-refractivity contribution >= 4 is 5.91 Å². The predicted molar refractivity (Wildman–Crippen MR) is 44.0 cm³/mol. The Bertz CT molecular complexity index is 221. The first-order chi connectivity index (χ1) is 5.53. The molecule has 0 bridgehead atoms. The first-order valence-electron chi connectivity index (χ1n) is 3.94. The van der Waals surface area contributed by atoms with E-state index in [1.54, 1.807) is 0 Å². The van der Waals surface area contributed by atoms with Gasteiger partial charge >= 0.3 is 0 Å². The van der Waals surface area contributed by atoms with E-state index in [-0.39, 0.29) is 5.54 Å². The van der Waals surface area contributed by atoms with Crippen molar-refractivity contribution in [1.82, 2.24) is 5.32 Å². The van der Waals surface area contributed by atoms with Gasteiger partial charge in [0.15, 0.2) is 5.83 Å². The van der Waals surface area contributed by atoms with Crippen molar-refractivity contribution in [2.24, 2.45) is 5.73 Å². The van der Waals surface area contributed by atoms with E-state index in [1.807, 2.05) is 0 Å². The van der Waals surface area contributed by atoms with Crippen molar-refractivity contribution in [3.05, 3.63) is 11.9 Å². The molecule has 0 heterocycles. The van der Waals surface area contributed by atoms with Gasteiger partial charge in [-0.15, -0.1) is 0 Å². The lowest BCUT2D eigenvalue weighted by Gasteiger charge is -2.07. The van der Waals surface area contributed by atoms with Gasteiger partial charge in [-0.2, -0.15) is 0 Å². The molecule has 4 heteroatoms. The average Bonchev–Trinajstić information content (AvgIpc) is 2.68. The smallest absolute Gasteiger partial charge is 0.277 e. The molecule has 3 N–H and O–H groups in total. The Hall–Kier alpha value is -0.900. The van der Waals surface area contributed by atoms with Gasteiger partial charge in [-0.25, -0.2) is 4.39 Å². The summed E-state index contributed by atoms with van der Waals surface area (Å²) in [6.45, 7) is 2.42. The van der Waals surface area contributed by atoms with Gasteiger partial charge in [0.2, 0.25) is 0 Å². The maximum Gasteiger partial charge on any atom is 0.277 e. The lowest BCUT2D eigenvalue weighted by molar-refractivity contribution is -0.115. The van der Waals surface area contributed by atoms with Crippen LogP contribution in [0.5, 0.6) is 0 Å². The van der Waals surface area contributed by atoms with Crippen molar-refractivity contribution in [1.29, 1.82) is 0 Å². The van der Waals surface area contributed by atoms with Crippen molar-refractivity contribution in [2.75, 3.05) is 6.54 Å². The van der Waals surface area contributed by atoms with Gasteiger partial charge in [-0.1, -0.05) is 0 Å². The number of carbonyl (C=O) groups is 1. The molecule has 0 atom stereocenters. The zero-order chi connectivity index (χ0) is 9.19. The molecule has 1 aliphatic rings. The van der Waals surface area contributed by atoms with Crippen molar-refractivity contribution in [3.8, 4) is 0 Å². The number of rotatable bonds is 4. The van der Waals surface area contributed by atoms with Crippen LogP contribution < -0.4 is 11.1 Å². The van der Waals surface area contributed by atoms with E-state index in [4.69, 9.17) is 5.73 Å². The molecule has 0 aliphatic heterocycles. The highest BCUT2D eigenvalue weighted by atomic mass is 19.1. The minimum Gasteiger partial charge on any atom is -0.364 e. The Labute approximate surface area is 70.8 Å². The molecule has 0 unspecified atom stereocenters. The van der Waals surface area contributed by atoms with Gasteiger partial charge in [0.25, 0.3) is 5.91 Å². The quantitative estimate of drug-likeness (QED) is 0.605. The van der Waals surface area contributed by atoms with Crippen molar-refractivity contribution < 1.29 is 9.18 Å². The summed E-state index contributed by atoms with van der Waals surface area (Å²) >= 11 is 0. The van der Waals surface area contributed by atoms with Crippen LogP contribution in [0.3, 0.4) is 0 Å². The molecule has 0 aromatic heterocycles. The summed E-state index contributed by atoms with van der Waals surface area (Å²) in [5.41, 5.74) is 4.85. The van der Waals surface area contributed by atoms with Crippen LogP contribution in [0, 0.1) is 0 Å². The normalized spacial score (nSPS) is 20.7. The van der Waals surface area contributed by atoms with Crippen LogP contribution in [-0.2, 0) is 4.79 Å². The molecule has 3 nitrogen and oxygen atoms in total. The van der Waals surface area contributed by atoms with E-state index in [9.17, 15) is 9.18 Å². The van der Waals surface area contributed by atoms with E-state index < -0.39 is 11.7 Å². The summed E-state index contributed by atoms with van der Waals surface area (Å²) in [4.78, 5) is 10.2. The predicted octanol–water partition coefficient (Wildman–Crippen LogP) is 0.467. The van der Waals surface area contributed by atoms with Gasteiger partial charge in [-0.05, 0) is 25.8 Å². The van der Waals surface area contributed by atoms with Crippen LogP contribution in [0.4, 0.5) is 4.39 Å². The van der Waals surface area contributed by atoms with E-state index in [2.05, 4.69) is 12.2 Å². The number of halogens is 1. The standard InChI is InChI=1S/C8H13FN2O/c1-8(3-4-8)11-5-2-6(9)7(10)12/h2,11H,3-5H2,1H3,(H2,10,12). The molecule has 1 fully saturated rings. The molecule has 1 saturated carbocycles. The van der Waals surface area contributed by atoms with E-state index in [0.717, 1.165) is 12.8 Å². The first-order valence-corrected chi connectivity index (χ1v) is 3.94. The van der Waals surface area contributed by atoms with Gasteiger partial charge in [0, 0.05) is 12.1 Å².